The molecular weight excluding hydrogens is 284 g/mol. The highest BCUT2D eigenvalue weighted by atomic mass is 79.9. The van der Waals surface area contributed by atoms with Crippen molar-refractivity contribution in [2.24, 2.45) is 0 Å². The van der Waals surface area contributed by atoms with E-state index in [9.17, 15) is 5.11 Å². The van der Waals surface area contributed by atoms with E-state index in [0.29, 0.717) is 6.42 Å². The second kappa shape index (κ2) is 4.70. The molecule has 1 nitrogen and oxygen atoms in total. The van der Waals surface area contributed by atoms with Gasteiger partial charge in [-0.25, -0.2) is 0 Å². The zero-order valence-corrected chi connectivity index (χ0v) is 11.4. The van der Waals surface area contributed by atoms with E-state index >= 15 is 0 Å². The minimum atomic E-state index is -0.800. The Hall–Kier alpha value is -0.640. The summed E-state index contributed by atoms with van der Waals surface area (Å²) >= 11 is 5.09. The number of aliphatic hydroxyl groups is 1. The molecule has 1 heterocycles. The summed E-state index contributed by atoms with van der Waals surface area (Å²) in [7, 11) is 0. The molecule has 1 aromatic carbocycles. The van der Waals surface area contributed by atoms with Crippen molar-refractivity contribution >= 4 is 27.3 Å². The van der Waals surface area contributed by atoms with Crippen LogP contribution in [0.5, 0.6) is 0 Å². The van der Waals surface area contributed by atoms with Crippen LogP contribution >= 0.6 is 27.3 Å². The lowest BCUT2D eigenvalue weighted by molar-refractivity contribution is 0.0585. The third-order valence-electron chi connectivity index (χ3n) is 2.54. The SMILES string of the molecule is CC(O)(Cc1cc(Br)cs1)c1ccccc1. The van der Waals surface area contributed by atoms with Gasteiger partial charge in [-0.05, 0) is 34.5 Å². The summed E-state index contributed by atoms with van der Waals surface area (Å²) in [6, 6.07) is 11.8. The average Bonchev–Trinajstić information content (AvgIpc) is 2.64. The lowest BCUT2D eigenvalue weighted by Gasteiger charge is -2.23. The first-order valence-corrected chi connectivity index (χ1v) is 6.76. The molecule has 0 radical (unpaired) electrons. The predicted octanol–water partition coefficient (Wildman–Crippen LogP) is 3.96. The number of rotatable bonds is 3. The molecule has 0 aliphatic carbocycles. The smallest absolute Gasteiger partial charge is 0.0916 e. The van der Waals surface area contributed by atoms with Gasteiger partial charge in [0.1, 0.15) is 0 Å². The van der Waals surface area contributed by atoms with Gasteiger partial charge in [0.2, 0.25) is 0 Å². The Morgan fingerprint density at radius 3 is 2.56 bits per heavy atom. The van der Waals surface area contributed by atoms with E-state index in [2.05, 4.69) is 22.0 Å². The Balaban J connectivity index is 2.20. The van der Waals surface area contributed by atoms with Crippen molar-refractivity contribution < 1.29 is 5.11 Å². The molecule has 2 aromatic rings. The Morgan fingerprint density at radius 1 is 1.31 bits per heavy atom. The lowest BCUT2D eigenvalue weighted by atomic mass is 9.92. The largest absolute Gasteiger partial charge is 0.385 e. The summed E-state index contributed by atoms with van der Waals surface area (Å²) in [5.74, 6) is 0. The van der Waals surface area contributed by atoms with Gasteiger partial charge in [0.05, 0.1) is 5.60 Å². The highest BCUT2D eigenvalue weighted by Gasteiger charge is 2.23. The molecule has 1 aromatic heterocycles. The molecule has 84 valence electrons. The van der Waals surface area contributed by atoms with Gasteiger partial charge in [-0.2, -0.15) is 0 Å². The second-order valence-corrected chi connectivity index (χ2v) is 5.96. The molecule has 0 aliphatic rings. The number of hydrogen-bond acceptors (Lipinski definition) is 2. The Kier molecular flexibility index (Phi) is 3.47. The van der Waals surface area contributed by atoms with Crippen LogP contribution in [0.2, 0.25) is 0 Å². The maximum absolute atomic E-state index is 10.4. The summed E-state index contributed by atoms with van der Waals surface area (Å²) in [5, 5.41) is 12.5. The van der Waals surface area contributed by atoms with Crippen LogP contribution in [-0.2, 0) is 12.0 Å². The molecule has 0 amide bonds. The Bertz CT molecular complexity index is 462. The van der Waals surface area contributed by atoms with Crippen molar-refractivity contribution in [2.45, 2.75) is 18.9 Å². The van der Waals surface area contributed by atoms with Gasteiger partial charge >= 0.3 is 0 Å². The summed E-state index contributed by atoms with van der Waals surface area (Å²) in [5.41, 5.74) is 0.158. The molecule has 0 saturated carbocycles. The maximum atomic E-state index is 10.4. The fourth-order valence-electron chi connectivity index (χ4n) is 1.69. The van der Waals surface area contributed by atoms with Gasteiger partial charge in [0.15, 0.2) is 0 Å². The van der Waals surface area contributed by atoms with Gasteiger partial charge in [0, 0.05) is 21.2 Å². The molecule has 1 N–H and O–H groups in total. The molecular formula is C13H13BrOS. The van der Waals surface area contributed by atoms with Gasteiger partial charge in [-0.15, -0.1) is 11.3 Å². The molecule has 16 heavy (non-hydrogen) atoms. The van der Waals surface area contributed by atoms with Crippen LogP contribution in [0.4, 0.5) is 0 Å². The quantitative estimate of drug-likeness (QED) is 0.909. The first-order valence-electron chi connectivity index (χ1n) is 5.09. The van der Waals surface area contributed by atoms with Crippen LogP contribution in [0.25, 0.3) is 0 Å². The minimum Gasteiger partial charge on any atom is -0.385 e. The molecule has 2 rings (SSSR count). The van der Waals surface area contributed by atoms with Crippen molar-refractivity contribution in [1.29, 1.82) is 0 Å². The molecule has 0 aliphatic heterocycles. The Labute approximate surface area is 108 Å². The molecule has 0 bridgehead atoms. The molecule has 0 spiro atoms. The van der Waals surface area contributed by atoms with E-state index in [1.54, 1.807) is 11.3 Å². The third-order valence-corrected chi connectivity index (χ3v) is 4.23. The summed E-state index contributed by atoms with van der Waals surface area (Å²) < 4.78 is 1.08. The number of benzene rings is 1. The number of thiophene rings is 1. The summed E-state index contributed by atoms with van der Waals surface area (Å²) in [6.45, 7) is 1.86. The fraction of sp³-hybridized carbons (Fsp3) is 0.231. The first-order chi connectivity index (χ1) is 7.58. The highest BCUT2D eigenvalue weighted by Crippen LogP contribution is 2.29. The van der Waals surface area contributed by atoms with Crippen molar-refractivity contribution in [3.8, 4) is 0 Å². The Morgan fingerprint density at radius 2 is 2.00 bits per heavy atom. The van der Waals surface area contributed by atoms with E-state index in [-0.39, 0.29) is 0 Å². The lowest BCUT2D eigenvalue weighted by Crippen LogP contribution is -2.23. The van der Waals surface area contributed by atoms with E-state index in [1.165, 1.54) is 4.88 Å². The average molecular weight is 297 g/mol. The van der Waals surface area contributed by atoms with Crippen LogP contribution in [0, 0.1) is 0 Å². The van der Waals surface area contributed by atoms with Gasteiger partial charge in [-0.1, -0.05) is 30.3 Å². The van der Waals surface area contributed by atoms with Crippen LogP contribution in [0.1, 0.15) is 17.4 Å². The summed E-state index contributed by atoms with van der Waals surface area (Å²) in [4.78, 5) is 1.18. The molecule has 3 heteroatoms. The van der Waals surface area contributed by atoms with Crippen molar-refractivity contribution in [2.75, 3.05) is 0 Å². The molecule has 1 atom stereocenters. The maximum Gasteiger partial charge on any atom is 0.0916 e. The van der Waals surface area contributed by atoms with Gasteiger partial charge in [-0.3, -0.25) is 0 Å². The van der Waals surface area contributed by atoms with Crippen molar-refractivity contribution in [3.05, 3.63) is 56.7 Å². The predicted molar refractivity (Wildman–Crippen MR) is 71.7 cm³/mol. The second-order valence-electron chi connectivity index (χ2n) is 4.05. The monoisotopic (exact) mass is 296 g/mol. The third kappa shape index (κ3) is 2.73. The van der Waals surface area contributed by atoms with Crippen LogP contribution in [-0.4, -0.2) is 5.11 Å². The fourth-order valence-corrected chi connectivity index (χ4v) is 3.28. The van der Waals surface area contributed by atoms with E-state index in [4.69, 9.17) is 0 Å². The van der Waals surface area contributed by atoms with E-state index in [1.807, 2.05) is 42.6 Å². The molecule has 0 fully saturated rings. The first kappa shape index (κ1) is 11.8. The summed E-state index contributed by atoms with van der Waals surface area (Å²) in [6.07, 6.45) is 0.646. The zero-order chi connectivity index (χ0) is 11.6. The van der Waals surface area contributed by atoms with Crippen LogP contribution in [0.15, 0.2) is 46.3 Å². The van der Waals surface area contributed by atoms with Crippen LogP contribution in [0.3, 0.4) is 0 Å². The minimum absolute atomic E-state index is 0.646. The molecule has 0 saturated heterocycles. The number of hydrogen-bond donors (Lipinski definition) is 1. The van der Waals surface area contributed by atoms with Gasteiger partial charge in [0.25, 0.3) is 0 Å². The van der Waals surface area contributed by atoms with Gasteiger partial charge < -0.3 is 5.11 Å². The topological polar surface area (TPSA) is 20.2 Å². The standard InChI is InChI=1S/C13H13BrOS/c1-13(15,10-5-3-2-4-6-10)8-12-7-11(14)9-16-12/h2-7,9,15H,8H2,1H3. The highest BCUT2D eigenvalue weighted by molar-refractivity contribution is 9.10. The molecule has 1 unspecified atom stereocenters. The van der Waals surface area contributed by atoms with Crippen molar-refractivity contribution in [3.63, 3.8) is 0 Å². The van der Waals surface area contributed by atoms with Crippen LogP contribution < -0.4 is 0 Å². The van der Waals surface area contributed by atoms with E-state index in [0.717, 1.165) is 10.0 Å². The van der Waals surface area contributed by atoms with E-state index < -0.39 is 5.60 Å². The number of halogens is 1. The normalized spacial score (nSPS) is 14.7. The van der Waals surface area contributed by atoms with Crippen molar-refractivity contribution in [1.82, 2.24) is 0 Å². The zero-order valence-electron chi connectivity index (χ0n) is 8.98.